The van der Waals surface area contributed by atoms with Crippen LogP contribution < -0.4 is 15.9 Å². The Morgan fingerprint density at radius 1 is 0.464 bits per heavy atom. The number of benzene rings is 3. The lowest BCUT2D eigenvalue weighted by molar-refractivity contribution is 0.312. The second-order valence-electron chi connectivity index (χ2n) is 4.59. The Kier molecular flexibility index (Phi) is 14.5. The highest BCUT2D eigenvalue weighted by atomic mass is 31.1. The van der Waals surface area contributed by atoms with E-state index in [0.29, 0.717) is 0 Å². The number of nitrogens with zero attached hydrogens (tertiary/aromatic N) is 3. The zero-order valence-electron chi connectivity index (χ0n) is 14.5. The van der Waals surface area contributed by atoms with E-state index >= 15 is 0 Å². The van der Waals surface area contributed by atoms with Crippen LogP contribution in [0.5, 0.6) is 0 Å². The van der Waals surface area contributed by atoms with Crippen molar-refractivity contribution in [3.63, 3.8) is 0 Å². The molecule has 0 radical (unpaired) electrons. The van der Waals surface area contributed by atoms with Gasteiger partial charge in [0, 0.05) is 0 Å². The van der Waals surface area contributed by atoms with Gasteiger partial charge in [-0.3, -0.25) is 0 Å². The molecule has 0 bridgehead atoms. The van der Waals surface area contributed by atoms with Crippen molar-refractivity contribution in [2.45, 2.75) is 0 Å². The van der Waals surface area contributed by atoms with Crippen LogP contribution in [0.4, 0.5) is 0 Å². The Hall–Kier alpha value is -3.71. The third-order valence-electron chi connectivity index (χ3n) is 3.04. The highest BCUT2D eigenvalue weighted by Gasteiger charge is 2.14. The first kappa shape index (κ1) is 24.3. The molecule has 0 heterocycles. The van der Waals surface area contributed by atoms with Gasteiger partial charge in [-0.15, -0.1) is 14.7 Å². The minimum Gasteiger partial charge on any atom is -0.379 e. The lowest BCUT2D eigenvalue weighted by atomic mass is 10.4. The van der Waals surface area contributed by atoms with Gasteiger partial charge in [0.25, 0.3) is 0 Å². The fraction of sp³-hybridized carbons (Fsp3) is 0. The summed E-state index contributed by atoms with van der Waals surface area (Å²) in [5.74, 6) is 0. The molecule has 0 aliphatic carbocycles. The summed E-state index contributed by atoms with van der Waals surface area (Å²) in [7, 11) is -0.446. The summed E-state index contributed by atoms with van der Waals surface area (Å²) in [6.45, 7) is 0. The zero-order valence-corrected chi connectivity index (χ0v) is 15.4. The van der Waals surface area contributed by atoms with Gasteiger partial charge in [-0.05, 0) is 23.8 Å². The van der Waals surface area contributed by atoms with Crippen LogP contribution >= 0.6 is 7.92 Å². The van der Waals surface area contributed by atoms with E-state index in [4.69, 9.17) is 30.3 Å². The molecule has 3 aromatic rings. The smallest absolute Gasteiger partial charge is 0.152 e. The second kappa shape index (κ2) is 16.7. The molecule has 0 spiro atoms. The van der Waals surface area contributed by atoms with Crippen LogP contribution in [0.15, 0.2) is 107 Å². The summed E-state index contributed by atoms with van der Waals surface area (Å²) in [5.41, 5.74) is 0. The average molecular weight is 403 g/mol. The maximum Gasteiger partial charge on any atom is 0.152 e. The minimum atomic E-state index is -0.446. The Morgan fingerprint density at radius 2 is 0.643 bits per heavy atom. The van der Waals surface area contributed by atoms with Crippen molar-refractivity contribution < 1.29 is 15.6 Å². The molecule has 0 aliphatic heterocycles. The van der Waals surface area contributed by atoms with Gasteiger partial charge in [-0.25, -0.2) is 0 Å². The van der Waals surface area contributed by atoms with E-state index in [9.17, 15) is 0 Å². The zero-order chi connectivity index (χ0) is 21.0. The van der Waals surface area contributed by atoms with E-state index < -0.39 is 7.92 Å². The molecule has 3 N–H and O–H groups in total. The monoisotopic (exact) mass is 403 g/mol. The second-order valence-corrected chi connectivity index (χ2v) is 6.81. The SMILES string of the molecule is O=NO.O=NO.O=NO.c1ccc(P(c2ccccc2)c2ccccc2)cc1. The Balaban J connectivity index is 0.000000695. The van der Waals surface area contributed by atoms with Crippen molar-refractivity contribution in [1.82, 2.24) is 0 Å². The lowest BCUT2D eigenvalue weighted by Crippen LogP contribution is -2.20. The van der Waals surface area contributed by atoms with Crippen molar-refractivity contribution in [3.05, 3.63) is 106 Å². The summed E-state index contributed by atoms with van der Waals surface area (Å²) in [6, 6.07) is 32.3. The molecule has 0 saturated carbocycles. The standard InChI is InChI=1S/C18H15P.3HNO2/c1-4-10-16(11-5-1)19(17-12-6-2-7-13-17)18-14-8-3-9-15-18;3*2-1-3/h1-15H;3*(H,2,3). The molecule has 3 rings (SSSR count). The third-order valence-corrected chi connectivity index (χ3v) is 5.49. The van der Waals surface area contributed by atoms with Crippen molar-refractivity contribution in [1.29, 1.82) is 0 Å². The van der Waals surface area contributed by atoms with Gasteiger partial charge in [0.05, 0.1) is 0 Å². The van der Waals surface area contributed by atoms with E-state index in [1.807, 2.05) is 0 Å². The Labute approximate surface area is 161 Å². The molecule has 28 heavy (non-hydrogen) atoms. The molecule has 0 unspecified atom stereocenters. The van der Waals surface area contributed by atoms with Gasteiger partial charge in [-0.1, -0.05) is 91.0 Å². The minimum absolute atomic E-state index is 0.446. The van der Waals surface area contributed by atoms with Gasteiger partial charge >= 0.3 is 0 Å². The topological polar surface area (TPSA) is 149 Å². The van der Waals surface area contributed by atoms with E-state index in [-0.39, 0.29) is 0 Å². The first-order valence-electron chi connectivity index (χ1n) is 7.55. The Bertz CT molecular complexity index is 671. The summed E-state index contributed by atoms with van der Waals surface area (Å²) < 4.78 is 0. The number of hydrogen-bond acceptors (Lipinski definition) is 6. The van der Waals surface area contributed by atoms with Crippen molar-refractivity contribution >= 4 is 23.8 Å². The molecule has 10 heteroatoms. The van der Waals surface area contributed by atoms with E-state index in [0.717, 1.165) is 0 Å². The van der Waals surface area contributed by atoms with Crippen molar-refractivity contribution in [3.8, 4) is 0 Å². The quantitative estimate of drug-likeness (QED) is 0.343. The predicted octanol–water partition coefficient (Wildman–Crippen LogP) is 3.87. The Morgan fingerprint density at radius 3 is 0.821 bits per heavy atom. The normalized spacial score (nSPS) is 8.46. The molecule has 146 valence electrons. The molecule has 0 aliphatic rings. The van der Waals surface area contributed by atoms with E-state index in [2.05, 4.69) is 91.0 Å². The maximum absolute atomic E-state index is 8.11. The largest absolute Gasteiger partial charge is 0.379 e. The van der Waals surface area contributed by atoms with Gasteiger partial charge in [0.15, 0.2) is 16.0 Å². The van der Waals surface area contributed by atoms with E-state index in [1.54, 1.807) is 0 Å². The molecular weight excluding hydrogens is 385 g/mol. The fourth-order valence-corrected chi connectivity index (χ4v) is 4.48. The first-order chi connectivity index (χ1) is 13.7. The molecule has 0 aromatic heterocycles. The van der Waals surface area contributed by atoms with Crippen LogP contribution in [0.2, 0.25) is 0 Å². The van der Waals surface area contributed by atoms with Crippen LogP contribution in [0.3, 0.4) is 0 Å². The molecular formula is C18H18N3O6P. The van der Waals surface area contributed by atoms with E-state index in [1.165, 1.54) is 31.9 Å². The van der Waals surface area contributed by atoms with Crippen LogP contribution in [0.25, 0.3) is 0 Å². The van der Waals surface area contributed by atoms with Gasteiger partial charge < -0.3 is 15.6 Å². The molecule has 0 amide bonds. The molecule has 3 aromatic carbocycles. The lowest BCUT2D eigenvalue weighted by Gasteiger charge is -2.18. The van der Waals surface area contributed by atoms with Crippen LogP contribution in [0, 0.1) is 14.7 Å². The maximum atomic E-state index is 8.11. The van der Waals surface area contributed by atoms with Crippen LogP contribution in [-0.2, 0) is 0 Å². The van der Waals surface area contributed by atoms with Crippen molar-refractivity contribution in [2.75, 3.05) is 0 Å². The van der Waals surface area contributed by atoms with Crippen LogP contribution in [-0.4, -0.2) is 15.6 Å². The van der Waals surface area contributed by atoms with Gasteiger partial charge in [0.2, 0.25) is 0 Å². The summed E-state index contributed by atoms with van der Waals surface area (Å²) in [6.07, 6.45) is 0. The fourth-order valence-electron chi connectivity index (χ4n) is 2.18. The van der Waals surface area contributed by atoms with Crippen molar-refractivity contribution in [2.24, 2.45) is 16.0 Å². The number of rotatable bonds is 3. The summed E-state index contributed by atoms with van der Waals surface area (Å²) in [4.78, 5) is 24.3. The highest BCUT2D eigenvalue weighted by Crippen LogP contribution is 2.32. The molecule has 0 fully saturated rings. The predicted molar refractivity (Wildman–Crippen MR) is 108 cm³/mol. The average Bonchev–Trinajstić information content (AvgIpc) is 2.73. The highest BCUT2D eigenvalue weighted by molar-refractivity contribution is 7.79. The number of hydrogen-bond donors (Lipinski definition) is 3. The molecule has 0 saturated heterocycles. The molecule has 0 atom stereocenters. The molecule has 9 nitrogen and oxygen atoms in total. The van der Waals surface area contributed by atoms with Crippen LogP contribution in [0.1, 0.15) is 0 Å². The van der Waals surface area contributed by atoms with Gasteiger partial charge in [0.1, 0.15) is 0 Å². The van der Waals surface area contributed by atoms with Gasteiger partial charge in [-0.2, -0.15) is 0 Å². The summed E-state index contributed by atoms with van der Waals surface area (Å²) >= 11 is 0. The first-order valence-corrected chi connectivity index (χ1v) is 8.89. The summed E-state index contributed by atoms with van der Waals surface area (Å²) in [5, 5.41) is 27.9. The third kappa shape index (κ3) is 9.69.